The summed E-state index contributed by atoms with van der Waals surface area (Å²) in [7, 11) is 0. The summed E-state index contributed by atoms with van der Waals surface area (Å²) < 4.78 is 0. The number of carbonyl (C=O) groups is 2. The maximum absolute atomic E-state index is 11.9. The Morgan fingerprint density at radius 1 is 0.889 bits per heavy atom. The molecule has 3 rings (SSSR count). The first kappa shape index (κ1) is 11.3. The van der Waals surface area contributed by atoms with E-state index in [9.17, 15) is 9.59 Å². The van der Waals surface area contributed by atoms with Crippen molar-refractivity contribution in [2.24, 2.45) is 0 Å². The van der Waals surface area contributed by atoms with E-state index in [-0.39, 0.29) is 11.8 Å². The van der Waals surface area contributed by atoms with Crippen molar-refractivity contribution in [3.8, 4) is 0 Å². The maximum Gasteiger partial charge on any atom is 0.254 e. The Balaban J connectivity index is 1.73. The fourth-order valence-electron chi connectivity index (χ4n) is 2.13. The van der Waals surface area contributed by atoms with Crippen LogP contribution in [0.15, 0.2) is 24.3 Å². The van der Waals surface area contributed by atoms with Gasteiger partial charge in [0.25, 0.3) is 11.8 Å². The third-order valence-electron chi connectivity index (χ3n) is 3.62. The second-order valence-corrected chi connectivity index (χ2v) is 5.19. The van der Waals surface area contributed by atoms with Crippen molar-refractivity contribution in [2.45, 2.75) is 25.9 Å². The van der Waals surface area contributed by atoms with E-state index >= 15 is 0 Å². The molecule has 4 nitrogen and oxygen atoms in total. The molecule has 2 unspecified atom stereocenters. The lowest BCUT2D eigenvalue weighted by Gasteiger charge is -2.05. The van der Waals surface area contributed by atoms with Gasteiger partial charge in [-0.25, -0.2) is 0 Å². The normalized spacial score (nSPS) is 25.0. The summed E-state index contributed by atoms with van der Waals surface area (Å²) in [6.07, 6.45) is 0. The molecular formula is C14H16N2O2. The third kappa shape index (κ3) is 1.88. The van der Waals surface area contributed by atoms with Gasteiger partial charge in [0.05, 0.1) is 0 Å². The molecule has 1 aromatic rings. The topological polar surface area (TPSA) is 40.2 Å². The van der Waals surface area contributed by atoms with E-state index in [0.29, 0.717) is 23.2 Å². The molecule has 0 saturated carbocycles. The van der Waals surface area contributed by atoms with Crippen LogP contribution in [0, 0.1) is 0 Å². The zero-order valence-corrected chi connectivity index (χ0v) is 10.6. The zero-order valence-electron chi connectivity index (χ0n) is 10.6. The summed E-state index contributed by atoms with van der Waals surface area (Å²) in [6, 6.07) is 7.70. The van der Waals surface area contributed by atoms with Gasteiger partial charge in [0.1, 0.15) is 0 Å². The molecule has 18 heavy (non-hydrogen) atoms. The van der Waals surface area contributed by atoms with E-state index in [1.165, 1.54) is 0 Å². The van der Waals surface area contributed by atoms with Gasteiger partial charge in [-0.1, -0.05) is 0 Å². The van der Waals surface area contributed by atoms with Crippen LogP contribution < -0.4 is 0 Å². The van der Waals surface area contributed by atoms with Crippen LogP contribution in [-0.4, -0.2) is 46.8 Å². The van der Waals surface area contributed by atoms with Crippen LogP contribution in [-0.2, 0) is 0 Å². The highest BCUT2D eigenvalue weighted by molar-refractivity contribution is 5.99. The average Bonchev–Trinajstić information content (AvgIpc) is 3.27. The summed E-state index contributed by atoms with van der Waals surface area (Å²) >= 11 is 0. The molecule has 0 radical (unpaired) electrons. The molecule has 0 aromatic heterocycles. The first-order valence-electron chi connectivity index (χ1n) is 6.30. The molecular weight excluding hydrogens is 228 g/mol. The minimum atomic E-state index is 0.0570. The van der Waals surface area contributed by atoms with E-state index in [1.54, 1.807) is 24.3 Å². The minimum Gasteiger partial charge on any atom is -0.332 e. The van der Waals surface area contributed by atoms with Crippen molar-refractivity contribution in [3.63, 3.8) is 0 Å². The molecule has 0 bridgehead atoms. The highest BCUT2D eigenvalue weighted by Crippen LogP contribution is 2.22. The van der Waals surface area contributed by atoms with Gasteiger partial charge in [-0.3, -0.25) is 9.59 Å². The highest BCUT2D eigenvalue weighted by atomic mass is 16.2. The summed E-state index contributed by atoms with van der Waals surface area (Å²) in [5, 5.41) is 0. The van der Waals surface area contributed by atoms with Crippen LogP contribution in [0.5, 0.6) is 0 Å². The number of amides is 2. The van der Waals surface area contributed by atoms with Gasteiger partial charge in [-0.2, -0.15) is 0 Å². The first-order chi connectivity index (χ1) is 8.58. The van der Waals surface area contributed by atoms with Crippen molar-refractivity contribution < 1.29 is 9.59 Å². The van der Waals surface area contributed by atoms with Gasteiger partial charge >= 0.3 is 0 Å². The van der Waals surface area contributed by atoms with E-state index < -0.39 is 0 Å². The number of nitrogens with zero attached hydrogens (tertiary/aromatic N) is 2. The Morgan fingerprint density at radius 3 is 1.39 bits per heavy atom. The average molecular weight is 244 g/mol. The molecule has 2 saturated heterocycles. The molecule has 2 aliphatic heterocycles. The molecule has 0 aliphatic carbocycles. The summed E-state index contributed by atoms with van der Waals surface area (Å²) in [4.78, 5) is 27.5. The quantitative estimate of drug-likeness (QED) is 0.737. The van der Waals surface area contributed by atoms with Crippen LogP contribution in [0.3, 0.4) is 0 Å². The number of carbonyl (C=O) groups excluding carboxylic acids is 2. The lowest BCUT2D eigenvalue weighted by Crippen LogP contribution is -2.15. The van der Waals surface area contributed by atoms with Crippen molar-refractivity contribution >= 4 is 11.8 Å². The number of benzene rings is 1. The van der Waals surface area contributed by atoms with Crippen LogP contribution in [0.1, 0.15) is 34.6 Å². The van der Waals surface area contributed by atoms with Gasteiger partial charge in [0.15, 0.2) is 0 Å². The number of hydrogen-bond acceptors (Lipinski definition) is 2. The van der Waals surface area contributed by atoms with Gasteiger partial charge < -0.3 is 9.80 Å². The first-order valence-corrected chi connectivity index (χ1v) is 6.30. The van der Waals surface area contributed by atoms with Crippen molar-refractivity contribution in [1.82, 2.24) is 9.80 Å². The Hall–Kier alpha value is -1.84. The largest absolute Gasteiger partial charge is 0.332 e. The standard InChI is InChI=1S/C14H16N2O2/c1-9-7-15(9)13(17)11-3-5-12(6-4-11)14(18)16-8-10(16)2/h3-6,9-10H,7-8H2,1-2H3. The van der Waals surface area contributed by atoms with Crippen LogP contribution in [0.4, 0.5) is 0 Å². The smallest absolute Gasteiger partial charge is 0.254 e. The molecule has 0 spiro atoms. The fraction of sp³-hybridized carbons (Fsp3) is 0.429. The van der Waals surface area contributed by atoms with E-state index in [1.807, 2.05) is 23.6 Å². The molecule has 1 aromatic carbocycles. The van der Waals surface area contributed by atoms with E-state index in [4.69, 9.17) is 0 Å². The Morgan fingerprint density at radius 2 is 1.17 bits per heavy atom. The molecule has 2 heterocycles. The van der Waals surface area contributed by atoms with Gasteiger partial charge in [-0.15, -0.1) is 0 Å². The van der Waals surface area contributed by atoms with Gasteiger partial charge in [-0.05, 0) is 38.1 Å². The molecule has 94 valence electrons. The monoisotopic (exact) mass is 244 g/mol. The molecule has 2 fully saturated rings. The van der Waals surface area contributed by atoms with Crippen molar-refractivity contribution in [1.29, 1.82) is 0 Å². The van der Waals surface area contributed by atoms with Gasteiger partial charge in [0, 0.05) is 36.3 Å². The van der Waals surface area contributed by atoms with Crippen LogP contribution in [0.25, 0.3) is 0 Å². The Labute approximate surface area is 106 Å². The Bertz CT molecular complexity index is 462. The summed E-state index contributed by atoms with van der Waals surface area (Å²) in [5.74, 6) is 0.114. The third-order valence-corrected chi connectivity index (χ3v) is 3.62. The zero-order chi connectivity index (χ0) is 12.9. The second kappa shape index (κ2) is 3.83. The van der Waals surface area contributed by atoms with E-state index in [0.717, 1.165) is 13.1 Å². The van der Waals surface area contributed by atoms with Crippen molar-refractivity contribution in [3.05, 3.63) is 35.4 Å². The summed E-state index contributed by atoms with van der Waals surface area (Å²) in [5.41, 5.74) is 1.32. The minimum absolute atomic E-state index is 0.0570. The number of rotatable bonds is 2. The molecule has 2 amide bonds. The molecule has 4 heteroatoms. The predicted octanol–water partition coefficient (Wildman–Crippen LogP) is 1.38. The molecule has 2 aliphatic rings. The highest BCUT2D eigenvalue weighted by Gasteiger charge is 2.36. The SMILES string of the molecule is CC1CN1C(=O)c1ccc(C(=O)N2CC2C)cc1. The predicted molar refractivity (Wildman–Crippen MR) is 67.4 cm³/mol. The second-order valence-electron chi connectivity index (χ2n) is 5.19. The van der Waals surface area contributed by atoms with E-state index in [2.05, 4.69) is 0 Å². The molecule has 2 atom stereocenters. The van der Waals surface area contributed by atoms with Gasteiger partial charge in [0.2, 0.25) is 0 Å². The lowest BCUT2D eigenvalue weighted by atomic mass is 10.1. The number of hydrogen-bond donors (Lipinski definition) is 0. The fourth-order valence-corrected chi connectivity index (χ4v) is 2.13. The van der Waals surface area contributed by atoms with Crippen LogP contribution in [0.2, 0.25) is 0 Å². The van der Waals surface area contributed by atoms with Crippen molar-refractivity contribution in [2.75, 3.05) is 13.1 Å². The molecule has 0 N–H and O–H groups in total. The van der Waals surface area contributed by atoms with Crippen LogP contribution >= 0.6 is 0 Å². The summed E-state index contributed by atoms with van der Waals surface area (Å²) in [6.45, 7) is 5.73. The maximum atomic E-state index is 11.9. The Kier molecular flexibility index (Phi) is 2.40. The lowest BCUT2D eigenvalue weighted by molar-refractivity contribution is 0.0864.